The highest BCUT2D eigenvalue weighted by Gasteiger charge is 2.02. The maximum Gasteiger partial charge on any atom is 0.339 e. The third kappa shape index (κ3) is 3.70. The molecule has 2 N–H and O–H groups in total. The standard InChI is InChI=1S/C14H15N3O2/c1-10-5-3-4-6-13(10)16-14(18)17-15-9-12-8-7-11(2)19-12/h3-9H,1-2H3,(H2,16,17,18)/b15-9-. The van der Waals surface area contributed by atoms with Gasteiger partial charge >= 0.3 is 6.03 Å². The lowest BCUT2D eigenvalue weighted by Gasteiger charge is -2.06. The number of hydrogen-bond acceptors (Lipinski definition) is 3. The Balaban J connectivity index is 1.88. The Bertz CT molecular complexity index is 602. The van der Waals surface area contributed by atoms with E-state index in [1.165, 1.54) is 6.21 Å². The summed E-state index contributed by atoms with van der Waals surface area (Å²) in [7, 11) is 0. The molecule has 1 aromatic carbocycles. The monoisotopic (exact) mass is 257 g/mol. The van der Waals surface area contributed by atoms with Crippen LogP contribution in [0.15, 0.2) is 45.9 Å². The minimum absolute atomic E-state index is 0.395. The molecule has 0 atom stereocenters. The van der Waals surface area contributed by atoms with Gasteiger partial charge in [0.2, 0.25) is 0 Å². The summed E-state index contributed by atoms with van der Waals surface area (Å²) < 4.78 is 5.28. The van der Waals surface area contributed by atoms with Crippen LogP contribution in [0.4, 0.5) is 10.5 Å². The normalized spacial score (nSPS) is 10.6. The molecular formula is C14H15N3O2. The zero-order valence-electron chi connectivity index (χ0n) is 10.8. The van der Waals surface area contributed by atoms with Crippen LogP contribution in [0.3, 0.4) is 0 Å². The average molecular weight is 257 g/mol. The summed E-state index contributed by atoms with van der Waals surface area (Å²) >= 11 is 0. The zero-order chi connectivity index (χ0) is 13.7. The highest BCUT2D eigenvalue weighted by Crippen LogP contribution is 2.12. The molecule has 0 aliphatic heterocycles. The molecule has 1 aromatic heterocycles. The minimum Gasteiger partial charge on any atom is -0.460 e. The average Bonchev–Trinajstić information content (AvgIpc) is 2.78. The van der Waals surface area contributed by atoms with Gasteiger partial charge in [0.1, 0.15) is 11.5 Å². The van der Waals surface area contributed by atoms with Crippen molar-refractivity contribution in [2.75, 3.05) is 5.32 Å². The molecule has 0 bridgehead atoms. The zero-order valence-corrected chi connectivity index (χ0v) is 10.8. The van der Waals surface area contributed by atoms with Crippen LogP contribution in [0.2, 0.25) is 0 Å². The Morgan fingerprint density at radius 1 is 1.21 bits per heavy atom. The molecule has 19 heavy (non-hydrogen) atoms. The van der Waals surface area contributed by atoms with E-state index in [9.17, 15) is 4.79 Å². The van der Waals surface area contributed by atoms with Gasteiger partial charge in [-0.3, -0.25) is 0 Å². The Labute approximate surface area is 111 Å². The molecule has 1 heterocycles. The summed E-state index contributed by atoms with van der Waals surface area (Å²) in [6, 6.07) is 10.7. The molecular weight excluding hydrogens is 242 g/mol. The van der Waals surface area contributed by atoms with Crippen LogP contribution in [-0.4, -0.2) is 12.2 Å². The minimum atomic E-state index is -0.395. The molecule has 0 aliphatic rings. The number of anilines is 1. The largest absolute Gasteiger partial charge is 0.460 e. The van der Waals surface area contributed by atoms with Gasteiger partial charge < -0.3 is 9.73 Å². The molecule has 0 spiro atoms. The second kappa shape index (κ2) is 5.86. The van der Waals surface area contributed by atoms with Crippen LogP contribution in [0.5, 0.6) is 0 Å². The molecule has 5 nitrogen and oxygen atoms in total. The maximum absolute atomic E-state index is 11.6. The van der Waals surface area contributed by atoms with Crippen LogP contribution >= 0.6 is 0 Å². The first-order valence-electron chi connectivity index (χ1n) is 5.87. The first-order chi connectivity index (χ1) is 9.15. The van der Waals surface area contributed by atoms with E-state index in [4.69, 9.17) is 4.42 Å². The Morgan fingerprint density at radius 2 is 2.00 bits per heavy atom. The summed E-state index contributed by atoms with van der Waals surface area (Å²) in [5, 5.41) is 6.51. The lowest BCUT2D eigenvalue weighted by Crippen LogP contribution is -2.24. The molecule has 0 saturated carbocycles. The number of urea groups is 1. The smallest absolute Gasteiger partial charge is 0.339 e. The number of carbonyl (C=O) groups excluding carboxylic acids is 1. The van der Waals surface area contributed by atoms with E-state index >= 15 is 0 Å². The van der Waals surface area contributed by atoms with Crippen molar-refractivity contribution in [2.45, 2.75) is 13.8 Å². The number of furan rings is 1. The molecule has 0 saturated heterocycles. The summed E-state index contributed by atoms with van der Waals surface area (Å²) in [4.78, 5) is 11.6. The second-order valence-corrected chi connectivity index (χ2v) is 4.09. The quantitative estimate of drug-likeness (QED) is 0.655. The predicted octanol–water partition coefficient (Wildman–Crippen LogP) is 3.05. The van der Waals surface area contributed by atoms with E-state index in [0.29, 0.717) is 5.76 Å². The third-order valence-electron chi connectivity index (χ3n) is 2.51. The number of nitrogens with one attached hydrogen (secondary N) is 2. The lowest BCUT2D eigenvalue weighted by atomic mass is 10.2. The van der Waals surface area contributed by atoms with Crippen LogP contribution in [0.25, 0.3) is 0 Å². The van der Waals surface area contributed by atoms with E-state index in [0.717, 1.165) is 17.0 Å². The number of nitrogens with zero attached hydrogens (tertiary/aromatic N) is 1. The molecule has 2 rings (SSSR count). The number of benzene rings is 1. The van der Waals surface area contributed by atoms with Crippen molar-refractivity contribution in [2.24, 2.45) is 5.10 Å². The van der Waals surface area contributed by atoms with E-state index in [1.54, 1.807) is 6.07 Å². The van der Waals surface area contributed by atoms with Crippen LogP contribution < -0.4 is 10.7 Å². The second-order valence-electron chi connectivity index (χ2n) is 4.09. The van der Waals surface area contributed by atoms with Gasteiger partial charge in [-0.25, -0.2) is 10.2 Å². The van der Waals surface area contributed by atoms with Gasteiger partial charge in [-0.1, -0.05) is 18.2 Å². The molecule has 98 valence electrons. The highest BCUT2D eigenvalue weighted by molar-refractivity contribution is 5.90. The van der Waals surface area contributed by atoms with Gasteiger partial charge in [-0.2, -0.15) is 5.10 Å². The van der Waals surface area contributed by atoms with Gasteiger partial charge in [-0.15, -0.1) is 0 Å². The number of para-hydroxylation sites is 1. The summed E-state index contributed by atoms with van der Waals surface area (Å²) in [5.41, 5.74) is 4.12. The molecule has 5 heteroatoms. The van der Waals surface area contributed by atoms with Gasteiger partial charge in [0.25, 0.3) is 0 Å². The van der Waals surface area contributed by atoms with Crippen molar-refractivity contribution in [1.29, 1.82) is 0 Å². The number of carbonyl (C=O) groups is 1. The molecule has 0 fully saturated rings. The van der Waals surface area contributed by atoms with Crippen molar-refractivity contribution in [3.63, 3.8) is 0 Å². The van der Waals surface area contributed by atoms with E-state index in [-0.39, 0.29) is 0 Å². The fourth-order valence-electron chi connectivity index (χ4n) is 1.54. The van der Waals surface area contributed by atoms with E-state index in [1.807, 2.05) is 44.2 Å². The topological polar surface area (TPSA) is 66.6 Å². The molecule has 2 aromatic rings. The van der Waals surface area contributed by atoms with Gasteiger partial charge in [-0.05, 0) is 37.6 Å². The Hall–Kier alpha value is -2.56. The number of hydrogen-bond donors (Lipinski definition) is 2. The molecule has 0 unspecified atom stereocenters. The number of rotatable bonds is 3. The summed E-state index contributed by atoms with van der Waals surface area (Å²) in [6.45, 7) is 3.76. The van der Waals surface area contributed by atoms with Crippen molar-refractivity contribution >= 4 is 17.9 Å². The third-order valence-corrected chi connectivity index (χ3v) is 2.51. The Morgan fingerprint density at radius 3 is 2.68 bits per heavy atom. The Kier molecular flexibility index (Phi) is 3.97. The van der Waals surface area contributed by atoms with Gasteiger partial charge in [0.05, 0.1) is 6.21 Å². The number of aryl methyl sites for hydroxylation is 2. The SMILES string of the molecule is Cc1ccc(/C=N\NC(=O)Nc2ccccc2C)o1. The van der Waals surface area contributed by atoms with Crippen LogP contribution in [0.1, 0.15) is 17.1 Å². The summed E-state index contributed by atoms with van der Waals surface area (Å²) in [5.74, 6) is 1.39. The predicted molar refractivity (Wildman–Crippen MR) is 74.4 cm³/mol. The maximum atomic E-state index is 11.6. The van der Waals surface area contributed by atoms with Crippen molar-refractivity contribution in [1.82, 2.24) is 5.43 Å². The van der Waals surface area contributed by atoms with Crippen LogP contribution in [-0.2, 0) is 0 Å². The van der Waals surface area contributed by atoms with Crippen LogP contribution in [0, 0.1) is 13.8 Å². The molecule has 0 aliphatic carbocycles. The molecule has 0 radical (unpaired) electrons. The lowest BCUT2D eigenvalue weighted by molar-refractivity contribution is 0.252. The van der Waals surface area contributed by atoms with Gasteiger partial charge in [0.15, 0.2) is 0 Å². The fraction of sp³-hybridized carbons (Fsp3) is 0.143. The number of amides is 2. The number of hydrazone groups is 1. The first-order valence-corrected chi connectivity index (χ1v) is 5.87. The van der Waals surface area contributed by atoms with Crippen molar-refractivity contribution in [3.8, 4) is 0 Å². The molecule has 2 amide bonds. The van der Waals surface area contributed by atoms with Crippen molar-refractivity contribution < 1.29 is 9.21 Å². The van der Waals surface area contributed by atoms with E-state index in [2.05, 4.69) is 15.8 Å². The fourth-order valence-corrected chi connectivity index (χ4v) is 1.54. The van der Waals surface area contributed by atoms with E-state index < -0.39 is 6.03 Å². The van der Waals surface area contributed by atoms with Gasteiger partial charge in [0, 0.05) is 5.69 Å². The highest BCUT2D eigenvalue weighted by atomic mass is 16.3. The first kappa shape index (κ1) is 12.9. The summed E-state index contributed by atoms with van der Waals surface area (Å²) in [6.07, 6.45) is 1.45. The van der Waals surface area contributed by atoms with Crippen molar-refractivity contribution in [3.05, 3.63) is 53.5 Å².